The minimum absolute atomic E-state index is 0.0270. The third kappa shape index (κ3) is 4.60. The number of unbranched alkanes of at least 4 members (excludes halogenated alkanes) is 2. The normalized spacial score (nSPS) is 10.7. The SMILES string of the molecule is CCCCCN(Cc1ccc(Cl)cc1)C(=O)c1cnn(C)c1. The number of amides is 1. The summed E-state index contributed by atoms with van der Waals surface area (Å²) in [6.07, 6.45) is 6.65. The first-order valence-corrected chi connectivity index (χ1v) is 8.00. The Hall–Kier alpha value is -1.81. The molecule has 0 aliphatic rings. The summed E-state index contributed by atoms with van der Waals surface area (Å²) in [5.74, 6) is 0.0270. The molecular weight excluding hydrogens is 298 g/mol. The van der Waals surface area contributed by atoms with Crippen LogP contribution in [-0.4, -0.2) is 27.1 Å². The van der Waals surface area contributed by atoms with E-state index in [4.69, 9.17) is 11.6 Å². The number of rotatable bonds is 7. The van der Waals surface area contributed by atoms with Crippen LogP contribution in [0.5, 0.6) is 0 Å². The Morgan fingerprint density at radius 1 is 1.27 bits per heavy atom. The van der Waals surface area contributed by atoms with Crippen LogP contribution >= 0.6 is 11.6 Å². The van der Waals surface area contributed by atoms with Crippen LogP contribution in [0.15, 0.2) is 36.7 Å². The molecule has 0 atom stereocenters. The number of benzene rings is 1. The lowest BCUT2D eigenvalue weighted by molar-refractivity contribution is 0.0740. The first-order chi connectivity index (χ1) is 10.6. The van der Waals surface area contributed by atoms with Gasteiger partial charge in [-0.25, -0.2) is 0 Å². The highest BCUT2D eigenvalue weighted by atomic mass is 35.5. The number of aryl methyl sites for hydroxylation is 1. The van der Waals surface area contributed by atoms with E-state index in [0.717, 1.165) is 31.4 Å². The van der Waals surface area contributed by atoms with Crippen molar-refractivity contribution in [1.29, 1.82) is 0 Å². The van der Waals surface area contributed by atoms with E-state index in [-0.39, 0.29) is 5.91 Å². The van der Waals surface area contributed by atoms with E-state index in [1.54, 1.807) is 17.1 Å². The van der Waals surface area contributed by atoms with Crippen molar-refractivity contribution in [2.75, 3.05) is 6.54 Å². The molecule has 1 amide bonds. The highest BCUT2D eigenvalue weighted by Crippen LogP contribution is 2.14. The van der Waals surface area contributed by atoms with Gasteiger partial charge in [0.15, 0.2) is 0 Å². The van der Waals surface area contributed by atoms with Crippen LogP contribution in [0.4, 0.5) is 0 Å². The molecule has 0 fully saturated rings. The maximum Gasteiger partial charge on any atom is 0.257 e. The van der Waals surface area contributed by atoms with E-state index < -0.39 is 0 Å². The Morgan fingerprint density at radius 3 is 2.59 bits per heavy atom. The second-order valence-electron chi connectivity index (χ2n) is 5.46. The minimum atomic E-state index is 0.0270. The summed E-state index contributed by atoms with van der Waals surface area (Å²) in [6, 6.07) is 7.64. The molecule has 0 unspecified atom stereocenters. The van der Waals surface area contributed by atoms with E-state index in [0.29, 0.717) is 17.1 Å². The largest absolute Gasteiger partial charge is 0.334 e. The minimum Gasteiger partial charge on any atom is -0.334 e. The van der Waals surface area contributed by atoms with Crippen LogP contribution in [0, 0.1) is 0 Å². The molecule has 0 aliphatic carbocycles. The molecule has 1 aromatic carbocycles. The fraction of sp³-hybridized carbons (Fsp3) is 0.412. The van der Waals surface area contributed by atoms with Crippen molar-refractivity contribution in [3.05, 3.63) is 52.8 Å². The molecule has 0 saturated carbocycles. The van der Waals surface area contributed by atoms with Crippen molar-refractivity contribution >= 4 is 17.5 Å². The molecule has 4 nitrogen and oxygen atoms in total. The summed E-state index contributed by atoms with van der Waals surface area (Å²) in [6.45, 7) is 3.51. The first-order valence-electron chi connectivity index (χ1n) is 7.62. The van der Waals surface area contributed by atoms with Crippen LogP contribution in [0.1, 0.15) is 42.1 Å². The number of hydrogen-bond acceptors (Lipinski definition) is 2. The first kappa shape index (κ1) is 16.6. The van der Waals surface area contributed by atoms with Crippen molar-refractivity contribution in [2.24, 2.45) is 7.05 Å². The van der Waals surface area contributed by atoms with Gasteiger partial charge in [-0.05, 0) is 24.1 Å². The Morgan fingerprint density at radius 2 is 2.00 bits per heavy atom. The standard InChI is InChI=1S/C17H22ClN3O/c1-3-4-5-10-21(12-14-6-8-16(18)9-7-14)17(22)15-11-19-20(2)13-15/h6-9,11,13H,3-5,10,12H2,1-2H3. The maximum absolute atomic E-state index is 12.7. The van der Waals surface area contributed by atoms with Crippen molar-refractivity contribution in [2.45, 2.75) is 32.7 Å². The zero-order valence-corrected chi connectivity index (χ0v) is 13.9. The Labute approximate surface area is 136 Å². The third-order valence-electron chi connectivity index (χ3n) is 3.56. The second kappa shape index (κ2) is 7.99. The van der Waals surface area contributed by atoms with Gasteiger partial charge in [0.25, 0.3) is 5.91 Å². The topological polar surface area (TPSA) is 38.1 Å². The van der Waals surface area contributed by atoms with E-state index in [1.165, 1.54) is 0 Å². The lowest BCUT2D eigenvalue weighted by atomic mass is 10.1. The van der Waals surface area contributed by atoms with Crippen LogP contribution in [0.2, 0.25) is 5.02 Å². The Kier molecular flexibility index (Phi) is 6.01. The van der Waals surface area contributed by atoms with Crippen molar-refractivity contribution in [1.82, 2.24) is 14.7 Å². The maximum atomic E-state index is 12.7. The number of halogens is 1. The molecule has 0 aliphatic heterocycles. The summed E-state index contributed by atoms with van der Waals surface area (Å²) in [4.78, 5) is 14.6. The Bertz CT molecular complexity index is 607. The van der Waals surface area contributed by atoms with E-state index >= 15 is 0 Å². The van der Waals surface area contributed by atoms with Gasteiger partial charge in [-0.2, -0.15) is 5.10 Å². The van der Waals surface area contributed by atoms with Gasteiger partial charge in [0.05, 0.1) is 11.8 Å². The van der Waals surface area contributed by atoms with Gasteiger partial charge < -0.3 is 4.90 Å². The zero-order chi connectivity index (χ0) is 15.9. The lowest BCUT2D eigenvalue weighted by Gasteiger charge is -2.22. The Balaban J connectivity index is 2.10. The molecular formula is C17H22ClN3O. The molecule has 118 valence electrons. The van der Waals surface area contributed by atoms with Crippen molar-refractivity contribution in [3.8, 4) is 0 Å². The zero-order valence-electron chi connectivity index (χ0n) is 13.1. The highest BCUT2D eigenvalue weighted by molar-refractivity contribution is 6.30. The molecule has 0 bridgehead atoms. The average molecular weight is 320 g/mol. The smallest absolute Gasteiger partial charge is 0.257 e. The molecule has 0 spiro atoms. The van der Waals surface area contributed by atoms with Gasteiger partial charge in [0.1, 0.15) is 0 Å². The molecule has 0 radical (unpaired) electrons. The van der Waals surface area contributed by atoms with E-state index in [2.05, 4.69) is 12.0 Å². The van der Waals surface area contributed by atoms with Gasteiger partial charge >= 0.3 is 0 Å². The van der Waals surface area contributed by atoms with Gasteiger partial charge in [0, 0.05) is 31.4 Å². The molecule has 0 saturated heterocycles. The molecule has 2 rings (SSSR count). The van der Waals surface area contributed by atoms with Crippen LogP contribution in [-0.2, 0) is 13.6 Å². The van der Waals surface area contributed by atoms with Crippen LogP contribution < -0.4 is 0 Å². The summed E-state index contributed by atoms with van der Waals surface area (Å²) in [5, 5.41) is 4.80. The molecule has 0 N–H and O–H groups in total. The number of carbonyl (C=O) groups is 1. The summed E-state index contributed by atoms with van der Waals surface area (Å²) in [7, 11) is 1.82. The van der Waals surface area contributed by atoms with Crippen molar-refractivity contribution < 1.29 is 4.79 Å². The summed E-state index contributed by atoms with van der Waals surface area (Å²) in [5.41, 5.74) is 1.71. The number of carbonyl (C=O) groups excluding carboxylic acids is 1. The second-order valence-corrected chi connectivity index (χ2v) is 5.90. The van der Waals surface area contributed by atoms with Gasteiger partial charge in [0.2, 0.25) is 0 Å². The summed E-state index contributed by atoms with van der Waals surface area (Å²) >= 11 is 5.92. The highest BCUT2D eigenvalue weighted by Gasteiger charge is 2.17. The van der Waals surface area contributed by atoms with E-state index in [1.807, 2.05) is 36.2 Å². The fourth-order valence-corrected chi connectivity index (χ4v) is 2.46. The number of hydrogen-bond donors (Lipinski definition) is 0. The quantitative estimate of drug-likeness (QED) is 0.726. The molecule has 2 aromatic rings. The lowest BCUT2D eigenvalue weighted by Crippen LogP contribution is -2.31. The fourth-order valence-electron chi connectivity index (χ4n) is 2.33. The molecule has 5 heteroatoms. The van der Waals surface area contributed by atoms with E-state index in [9.17, 15) is 4.79 Å². The number of aromatic nitrogens is 2. The average Bonchev–Trinajstić information content (AvgIpc) is 2.94. The van der Waals surface area contributed by atoms with Gasteiger partial charge in [-0.3, -0.25) is 9.48 Å². The van der Waals surface area contributed by atoms with Gasteiger partial charge in [-0.1, -0.05) is 43.5 Å². The number of nitrogens with zero attached hydrogens (tertiary/aromatic N) is 3. The monoisotopic (exact) mass is 319 g/mol. The van der Waals surface area contributed by atoms with Crippen LogP contribution in [0.3, 0.4) is 0 Å². The van der Waals surface area contributed by atoms with Crippen LogP contribution in [0.25, 0.3) is 0 Å². The predicted molar refractivity (Wildman–Crippen MR) is 88.9 cm³/mol. The molecule has 1 heterocycles. The predicted octanol–water partition coefficient (Wildman–Crippen LogP) is 3.91. The summed E-state index contributed by atoms with van der Waals surface area (Å²) < 4.78 is 1.65. The molecule has 1 aromatic heterocycles. The van der Waals surface area contributed by atoms with Gasteiger partial charge in [-0.15, -0.1) is 0 Å². The third-order valence-corrected chi connectivity index (χ3v) is 3.81. The molecule has 22 heavy (non-hydrogen) atoms. The van der Waals surface area contributed by atoms with Crippen molar-refractivity contribution in [3.63, 3.8) is 0 Å².